The molecule has 1 aliphatic heterocycles. The second-order valence-corrected chi connectivity index (χ2v) is 3.54. The van der Waals surface area contributed by atoms with Crippen molar-refractivity contribution in [3.05, 3.63) is 11.9 Å². The SMILES string of the molecule is NC(=O)CNC(=O)c1cn(C2CNC2)nn1. The quantitative estimate of drug-likeness (QED) is 0.529. The zero-order valence-electron chi connectivity index (χ0n) is 8.51. The maximum absolute atomic E-state index is 11.4. The van der Waals surface area contributed by atoms with E-state index in [9.17, 15) is 9.59 Å². The van der Waals surface area contributed by atoms with Gasteiger partial charge in [-0.05, 0) is 0 Å². The fourth-order valence-corrected chi connectivity index (χ4v) is 1.28. The molecule has 8 nitrogen and oxygen atoms in total. The van der Waals surface area contributed by atoms with E-state index in [-0.39, 0.29) is 18.3 Å². The Kier molecular flexibility index (Phi) is 2.82. The molecule has 1 aromatic heterocycles. The Morgan fingerprint density at radius 1 is 1.62 bits per heavy atom. The number of hydrogen-bond donors (Lipinski definition) is 3. The molecule has 16 heavy (non-hydrogen) atoms. The fourth-order valence-electron chi connectivity index (χ4n) is 1.28. The number of primary amides is 1. The summed E-state index contributed by atoms with van der Waals surface area (Å²) >= 11 is 0. The van der Waals surface area contributed by atoms with Crippen molar-refractivity contribution in [3.8, 4) is 0 Å². The Balaban J connectivity index is 1.95. The molecule has 86 valence electrons. The van der Waals surface area contributed by atoms with Crippen molar-refractivity contribution < 1.29 is 9.59 Å². The predicted octanol–water partition coefficient (Wildman–Crippen LogP) is -2.36. The van der Waals surface area contributed by atoms with Crippen LogP contribution < -0.4 is 16.4 Å². The molecule has 0 saturated carbocycles. The molecule has 0 aromatic carbocycles. The lowest BCUT2D eigenvalue weighted by molar-refractivity contribution is -0.117. The van der Waals surface area contributed by atoms with Crippen LogP contribution in [0.2, 0.25) is 0 Å². The minimum atomic E-state index is -0.594. The number of carbonyl (C=O) groups excluding carboxylic acids is 2. The maximum Gasteiger partial charge on any atom is 0.273 e. The molecular weight excluding hydrogens is 212 g/mol. The number of aromatic nitrogens is 3. The summed E-state index contributed by atoms with van der Waals surface area (Å²) in [7, 11) is 0. The van der Waals surface area contributed by atoms with Crippen LogP contribution in [0.15, 0.2) is 6.20 Å². The molecule has 0 unspecified atom stereocenters. The van der Waals surface area contributed by atoms with E-state index in [4.69, 9.17) is 5.73 Å². The van der Waals surface area contributed by atoms with Crippen molar-refractivity contribution in [3.63, 3.8) is 0 Å². The highest BCUT2D eigenvalue weighted by molar-refractivity contribution is 5.94. The summed E-state index contributed by atoms with van der Waals surface area (Å²) in [6.07, 6.45) is 1.56. The molecule has 0 spiro atoms. The normalized spacial score (nSPS) is 15.5. The van der Waals surface area contributed by atoms with E-state index in [1.54, 1.807) is 10.9 Å². The summed E-state index contributed by atoms with van der Waals surface area (Å²) in [5.41, 5.74) is 5.09. The molecule has 8 heteroatoms. The number of nitrogens with zero attached hydrogens (tertiary/aromatic N) is 3. The molecule has 0 radical (unpaired) electrons. The summed E-state index contributed by atoms with van der Waals surface area (Å²) in [6, 6.07) is 0.255. The molecule has 1 fully saturated rings. The maximum atomic E-state index is 11.4. The average Bonchev–Trinajstić information content (AvgIpc) is 2.60. The van der Waals surface area contributed by atoms with Gasteiger partial charge in [0.1, 0.15) is 0 Å². The largest absolute Gasteiger partial charge is 0.368 e. The van der Waals surface area contributed by atoms with Gasteiger partial charge < -0.3 is 16.4 Å². The molecule has 1 aromatic rings. The van der Waals surface area contributed by atoms with E-state index in [2.05, 4.69) is 20.9 Å². The number of carbonyl (C=O) groups is 2. The van der Waals surface area contributed by atoms with Crippen LogP contribution in [0.4, 0.5) is 0 Å². The Labute approximate surface area is 91.2 Å². The van der Waals surface area contributed by atoms with Gasteiger partial charge in [0, 0.05) is 13.1 Å². The van der Waals surface area contributed by atoms with Crippen molar-refractivity contribution >= 4 is 11.8 Å². The average molecular weight is 224 g/mol. The lowest BCUT2D eigenvalue weighted by atomic mass is 10.2. The van der Waals surface area contributed by atoms with Gasteiger partial charge >= 0.3 is 0 Å². The van der Waals surface area contributed by atoms with Gasteiger partial charge in [-0.3, -0.25) is 9.59 Å². The standard InChI is InChI=1S/C8H12N6O2/c9-7(15)3-11-8(16)6-4-14(13-12-6)5-1-10-2-5/h4-5,10H,1-3H2,(H2,9,15)(H,11,16). The molecule has 2 amide bonds. The van der Waals surface area contributed by atoms with E-state index in [1.165, 1.54) is 0 Å². The predicted molar refractivity (Wildman–Crippen MR) is 53.5 cm³/mol. The van der Waals surface area contributed by atoms with E-state index in [0.717, 1.165) is 13.1 Å². The van der Waals surface area contributed by atoms with Gasteiger partial charge in [0.05, 0.1) is 18.8 Å². The number of nitrogens with two attached hydrogens (primary N) is 1. The Morgan fingerprint density at radius 2 is 2.38 bits per heavy atom. The highest BCUT2D eigenvalue weighted by Crippen LogP contribution is 2.09. The monoisotopic (exact) mass is 224 g/mol. The van der Waals surface area contributed by atoms with Crippen LogP contribution in [-0.2, 0) is 4.79 Å². The Hall–Kier alpha value is -1.96. The van der Waals surface area contributed by atoms with Crippen molar-refractivity contribution in [2.24, 2.45) is 5.73 Å². The first kappa shape index (κ1) is 10.6. The summed E-state index contributed by atoms with van der Waals surface area (Å²) in [5.74, 6) is -1.04. The molecule has 4 N–H and O–H groups in total. The summed E-state index contributed by atoms with van der Waals surface area (Å²) in [6.45, 7) is 1.45. The number of rotatable bonds is 4. The van der Waals surface area contributed by atoms with Gasteiger partial charge in [0.15, 0.2) is 5.69 Å². The first-order valence-corrected chi connectivity index (χ1v) is 4.86. The van der Waals surface area contributed by atoms with Crippen LogP contribution >= 0.6 is 0 Å². The third-order valence-electron chi connectivity index (χ3n) is 2.30. The molecule has 1 saturated heterocycles. The van der Waals surface area contributed by atoms with Crippen LogP contribution in [0.3, 0.4) is 0 Å². The summed E-state index contributed by atoms with van der Waals surface area (Å²) < 4.78 is 1.63. The fraction of sp³-hybridized carbons (Fsp3) is 0.500. The van der Waals surface area contributed by atoms with Crippen molar-refractivity contribution in [1.29, 1.82) is 0 Å². The van der Waals surface area contributed by atoms with Crippen molar-refractivity contribution in [2.45, 2.75) is 6.04 Å². The van der Waals surface area contributed by atoms with Crippen LogP contribution in [0.5, 0.6) is 0 Å². The van der Waals surface area contributed by atoms with Crippen LogP contribution in [0.1, 0.15) is 16.5 Å². The minimum absolute atomic E-state index is 0.188. The first-order valence-electron chi connectivity index (χ1n) is 4.86. The third kappa shape index (κ3) is 2.16. The van der Waals surface area contributed by atoms with Crippen molar-refractivity contribution in [2.75, 3.05) is 19.6 Å². The van der Waals surface area contributed by atoms with Crippen LogP contribution in [0.25, 0.3) is 0 Å². The van der Waals surface area contributed by atoms with Crippen molar-refractivity contribution in [1.82, 2.24) is 25.6 Å². The van der Waals surface area contributed by atoms with Gasteiger partial charge in [-0.15, -0.1) is 5.10 Å². The van der Waals surface area contributed by atoms with E-state index >= 15 is 0 Å². The van der Waals surface area contributed by atoms with Gasteiger partial charge in [0.25, 0.3) is 5.91 Å². The van der Waals surface area contributed by atoms with E-state index in [1.807, 2.05) is 0 Å². The first-order chi connectivity index (χ1) is 7.66. The number of hydrogen-bond acceptors (Lipinski definition) is 5. The molecular formula is C8H12N6O2. The number of amides is 2. The molecule has 1 aliphatic rings. The van der Waals surface area contributed by atoms with E-state index < -0.39 is 11.8 Å². The molecule has 0 bridgehead atoms. The van der Waals surface area contributed by atoms with Gasteiger partial charge in [-0.2, -0.15) is 0 Å². The summed E-state index contributed by atoms with van der Waals surface area (Å²) in [5, 5.41) is 13.0. The highest BCUT2D eigenvalue weighted by atomic mass is 16.2. The molecule has 2 rings (SSSR count). The summed E-state index contributed by atoms with van der Waals surface area (Å²) in [4.78, 5) is 21.9. The second kappa shape index (κ2) is 4.27. The zero-order valence-corrected chi connectivity index (χ0v) is 8.51. The Morgan fingerprint density at radius 3 is 2.94 bits per heavy atom. The number of nitrogens with one attached hydrogen (secondary N) is 2. The molecule has 0 atom stereocenters. The zero-order chi connectivity index (χ0) is 11.5. The highest BCUT2D eigenvalue weighted by Gasteiger charge is 2.21. The Bertz CT molecular complexity index is 410. The molecule has 2 heterocycles. The van der Waals surface area contributed by atoms with Crippen LogP contribution in [0, 0.1) is 0 Å². The second-order valence-electron chi connectivity index (χ2n) is 3.54. The van der Waals surface area contributed by atoms with E-state index in [0.29, 0.717) is 0 Å². The third-order valence-corrected chi connectivity index (χ3v) is 2.30. The lowest BCUT2D eigenvalue weighted by Gasteiger charge is -2.26. The van der Waals surface area contributed by atoms with Crippen LogP contribution in [-0.4, -0.2) is 46.4 Å². The smallest absolute Gasteiger partial charge is 0.273 e. The lowest BCUT2D eigenvalue weighted by Crippen LogP contribution is -2.43. The van der Waals surface area contributed by atoms with Gasteiger partial charge in [-0.25, -0.2) is 4.68 Å². The van der Waals surface area contributed by atoms with Gasteiger partial charge in [-0.1, -0.05) is 5.21 Å². The van der Waals surface area contributed by atoms with Gasteiger partial charge in [0.2, 0.25) is 5.91 Å². The molecule has 0 aliphatic carbocycles. The minimum Gasteiger partial charge on any atom is -0.368 e. The topological polar surface area (TPSA) is 115 Å².